The predicted molar refractivity (Wildman–Crippen MR) is 108 cm³/mol. The van der Waals surface area contributed by atoms with Crippen LogP contribution in [-0.2, 0) is 9.59 Å². The molecule has 1 aromatic rings. The molecule has 0 fully saturated rings. The molecule has 0 saturated heterocycles. The van der Waals surface area contributed by atoms with Crippen LogP contribution in [0.3, 0.4) is 0 Å². The van der Waals surface area contributed by atoms with E-state index in [1.165, 1.54) is 69.2 Å². The van der Waals surface area contributed by atoms with Crippen LogP contribution in [0.15, 0.2) is 24.3 Å². The summed E-state index contributed by atoms with van der Waals surface area (Å²) in [6.07, 6.45) is 12.4. The summed E-state index contributed by atoms with van der Waals surface area (Å²) >= 11 is 0. The van der Waals surface area contributed by atoms with Crippen LogP contribution in [0.25, 0.3) is 0 Å². The second-order valence-electron chi connectivity index (χ2n) is 6.93. The third-order valence-electron chi connectivity index (χ3n) is 4.47. The van der Waals surface area contributed by atoms with Crippen molar-refractivity contribution in [1.82, 2.24) is 5.32 Å². The fourth-order valence-corrected chi connectivity index (χ4v) is 2.84. The molecule has 1 aromatic carbocycles. The molecule has 7 nitrogen and oxygen atoms in total. The molecule has 0 aliphatic heterocycles. The van der Waals surface area contributed by atoms with Gasteiger partial charge in [-0.2, -0.15) is 0 Å². The van der Waals surface area contributed by atoms with E-state index in [1.54, 1.807) is 0 Å². The summed E-state index contributed by atoms with van der Waals surface area (Å²) in [7, 11) is 0. The minimum atomic E-state index is -0.606. The molecular formula is C21H32N2O5. The maximum absolute atomic E-state index is 11.8. The van der Waals surface area contributed by atoms with Gasteiger partial charge in [0.15, 0.2) is 0 Å². The van der Waals surface area contributed by atoms with E-state index in [0.29, 0.717) is 6.42 Å². The highest BCUT2D eigenvalue weighted by Gasteiger charge is 2.10. The second-order valence-corrected chi connectivity index (χ2v) is 6.93. The van der Waals surface area contributed by atoms with Crippen molar-refractivity contribution in [3.8, 4) is 5.75 Å². The molecule has 28 heavy (non-hydrogen) atoms. The standard InChI is InChI=1S/C21H32N2O5/c1-2-3-4-5-6-7-8-9-10-11-12-20(24)22-17-21(25)28-19-15-13-18(14-16-19)23(26)27/h13-16H,2-12,17H2,1H3,(H,22,24). The summed E-state index contributed by atoms with van der Waals surface area (Å²) < 4.78 is 5.03. The van der Waals surface area contributed by atoms with E-state index in [-0.39, 0.29) is 23.9 Å². The van der Waals surface area contributed by atoms with Crippen LogP contribution < -0.4 is 10.1 Å². The zero-order chi connectivity index (χ0) is 20.6. The molecule has 0 aliphatic rings. The lowest BCUT2D eigenvalue weighted by molar-refractivity contribution is -0.384. The molecule has 0 saturated carbocycles. The average Bonchev–Trinajstić information content (AvgIpc) is 2.68. The van der Waals surface area contributed by atoms with Gasteiger partial charge in [-0.3, -0.25) is 14.9 Å². The first-order valence-corrected chi connectivity index (χ1v) is 10.2. The minimum Gasteiger partial charge on any atom is -0.425 e. The van der Waals surface area contributed by atoms with Crippen molar-refractivity contribution in [2.45, 2.75) is 77.6 Å². The number of nitro benzene ring substituents is 1. The van der Waals surface area contributed by atoms with Gasteiger partial charge in [0, 0.05) is 18.6 Å². The zero-order valence-corrected chi connectivity index (χ0v) is 16.8. The van der Waals surface area contributed by atoms with E-state index in [9.17, 15) is 19.7 Å². The molecule has 0 bridgehead atoms. The third-order valence-corrected chi connectivity index (χ3v) is 4.47. The van der Waals surface area contributed by atoms with Gasteiger partial charge in [0.05, 0.1) is 4.92 Å². The number of unbranched alkanes of at least 4 members (excludes halogenated alkanes) is 9. The Morgan fingerprint density at radius 3 is 2.00 bits per heavy atom. The number of rotatable bonds is 15. The summed E-state index contributed by atoms with van der Waals surface area (Å²) in [5.74, 6) is -0.565. The molecule has 1 amide bonds. The number of esters is 1. The first-order chi connectivity index (χ1) is 13.5. The van der Waals surface area contributed by atoms with Crippen LogP contribution in [0, 0.1) is 10.1 Å². The SMILES string of the molecule is CCCCCCCCCCCCC(=O)NCC(=O)Oc1ccc([N+](=O)[O-])cc1. The molecule has 0 heterocycles. The normalized spacial score (nSPS) is 10.5. The van der Waals surface area contributed by atoms with Crippen LogP contribution in [0.4, 0.5) is 5.69 Å². The lowest BCUT2D eigenvalue weighted by atomic mass is 10.1. The number of hydrogen-bond donors (Lipinski definition) is 1. The molecule has 0 radical (unpaired) electrons. The molecule has 0 spiro atoms. The third kappa shape index (κ3) is 11.3. The monoisotopic (exact) mass is 392 g/mol. The molecule has 0 aromatic heterocycles. The number of nitrogens with one attached hydrogen (secondary N) is 1. The van der Waals surface area contributed by atoms with Gasteiger partial charge in [-0.15, -0.1) is 0 Å². The maximum Gasteiger partial charge on any atom is 0.330 e. The van der Waals surface area contributed by atoms with E-state index >= 15 is 0 Å². The number of benzene rings is 1. The van der Waals surface area contributed by atoms with Gasteiger partial charge in [0.25, 0.3) is 5.69 Å². The van der Waals surface area contributed by atoms with E-state index in [4.69, 9.17) is 4.74 Å². The Kier molecular flexibility index (Phi) is 12.3. The Bertz CT molecular complexity index is 601. The van der Waals surface area contributed by atoms with Crippen LogP contribution in [0.5, 0.6) is 5.75 Å². The summed E-state index contributed by atoms with van der Waals surface area (Å²) in [6, 6.07) is 5.21. The Labute approximate surface area is 167 Å². The molecule has 0 unspecified atom stereocenters. The van der Waals surface area contributed by atoms with Gasteiger partial charge in [-0.05, 0) is 18.6 Å². The number of amides is 1. The number of ether oxygens (including phenoxy) is 1. The van der Waals surface area contributed by atoms with Crippen LogP contribution in [-0.4, -0.2) is 23.3 Å². The van der Waals surface area contributed by atoms with Crippen molar-refractivity contribution in [3.63, 3.8) is 0 Å². The first-order valence-electron chi connectivity index (χ1n) is 10.2. The van der Waals surface area contributed by atoms with Crippen molar-refractivity contribution >= 4 is 17.6 Å². The summed E-state index contributed by atoms with van der Waals surface area (Å²) in [4.78, 5) is 33.5. The fourth-order valence-electron chi connectivity index (χ4n) is 2.84. The van der Waals surface area contributed by atoms with Crippen LogP contribution in [0.1, 0.15) is 77.6 Å². The van der Waals surface area contributed by atoms with Crippen molar-refractivity contribution in [2.75, 3.05) is 6.54 Å². The van der Waals surface area contributed by atoms with Gasteiger partial charge in [0.1, 0.15) is 12.3 Å². The van der Waals surface area contributed by atoms with Gasteiger partial charge < -0.3 is 10.1 Å². The van der Waals surface area contributed by atoms with Crippen molar-refractivity contribution < 1.29 is 19.2 Å². The topological polar surface area (TPSA) is 98.5 Å². The Morgan fingerprint density at radius 1 is 0.929 bits per heavy atom. The highest BCUT2D eigenvalue weighted by molar-refractivity contribution is 5.82. The highest BCUT2D eigenvalue weighted by atomic mass is 16.6. The first kappa shape index (κ1) is 23.6. The molecule has 1 rings (SSSR count). The summed E-state index contributed by atoms with van der Waals surface area (Å²) in [5.41, 5.74) is -0.0791. The van der Waals surface area contributed by atoms with E-state index in [0.717, 1.165) is 19.3 Å². The lowest BCUT2D eigenvalue weighted by Gasteiger charge is -2.06. The highest BCUT2D eigenvalue weighted by Crippen LogP contribution is 2.17. The minimum absolute atomic E-state index is 0.0791. The molecule has 0 atom stereocenters. The largest absolute Gasteiger partial charge is 0.425 e. The van der Waals surface area contributed by atoms with Gasteiger partial charge >= 0.3 is 5.97 Å². The molecule has 7 heteroatoms. The van der Waals surface area contributed by atoms with E-state index < -0.39 is 10.9 Å². The Morgan fingerprint density at radius 2 is 1.46 bits per heavy atom. The van der Waals surface area contributed by atoms with E-state index in [1.807, 2.05) is 0 Å². The number of hydrogen-bond acceptors (Lipinski definition) is 5. The van der Waals surface area contributed by atoms with Crippen molar-refractivity contribution in [2.24, 2.45) is 0 Å². The molecule has 156 valence electrons. The quantitative estimate of drug-likeness (QED) is 0.150. The van der Waals surface area contributed by atoms with E-state index in [2.05, 4.69) is 12.2 Å². The van der Waals surface area contributed by atoms with Crippen LogP contribution in [0.2, 0.25) is 0 Å². The average molecular weight is 392 g/mol. The zero-order valence-electron chi connectivity index (χ0n) is 16.8. The smallest absolute Gasteiger partial charge is 0.330 e. The van der Waals surface area contributed by atoms with Crippen LogP contribution >= 0.6 is 0 Å². The number of carbonyl (C=O) groups is 2. The number of nitrogens with zero attached hydrogens (tertiary/aromatic N) is 1. The molecule has 0 aliphatic carbocycles. The number of nitro groups is 1. The van der Waals surface area contributed by atoms with Gasteiger partial charge in [-0.1, -0.05) is 64.7 Å². The Balaban J connectivity index is 2.03. The lowest BCUT2D eigenvalue weighted by Crippen LogP contribution is -2.31. The second kappa shape index (κ2) is 14.6. The van der Waals surface area contributed by atoms with Gasteiger partial charge in [0.2, 0.25) is 5.91 Å². The molecule has 1 N–H and O–H groups in total. The fraction of sp³-hybridized carbons (Fsp3) is 0.619. The maximum atomic E-state index is 11.8. The van der Waals surface area contributed by atoms with Crippen molar-refractivity contribution in [3.05, 3.63) is 34.4 Å². The number of non-ortho nitro benzene ring substituents is 1. The van der Waals surface area contributed by atoms with Gasteiger partial charge in [-0.25, -0.2) is 4.79 Å². The number of carbonyl (C=O) groups excluding carboxylic acids is 2. The Hall–Kier alpha value is -2.44. The summed E-state index contributed by atoms with van der Waals surface area (Å²) in [6.45, 7) is 2.01. The van der Waals surface area contributed by atoms with Crippen molar-refractivity contribution in [1.29, 1.82) is 0 Å². The summed E-state index contributed by atoms with van der Waals surface area (Å²) in [5, 5.41) is 13.1. The molecular weight excluding hydrogens is 360 g/mol. The predicted octanol–water partition coefficient (Wildman–Crippen LogP) is 4.93.